The summed E-state index contributed by atoms with van der Waals surface area (Å²) < 4.78 is 36.4. The Balaban J connectivity index is 1.61. The van der Waals surface area contributed by atoms with E-state index in [1.807, 2.05) is 12.1 Å². The van der Waals surface area contributed by atoms with E-state index in [1.165, 1.54) is 4.31 Å². The minimum Gasteiger partial charge on any atom is -0.485 e. The maximum atomic E-state index is 12.5. The van der Waals surface area contributed by atoms with Gasteiger partial charge in [0.1, 0.15) is 6.61 Å². The normalized spacial score (nSPS) is 22.0. The smallest absolute Gasteiger partial charge is 0.267 e. The zero-order valence-corrected chi connectivity index (χ0v) is 13.8. The number of ether oxygens (including phenoxy) is 2. The number of carbonyl (C=O) groups excluding carboxylic acids is 1. The van der Waals surface area contributed by atoms with Crippen molar-refractivity contribution in [1.82, 2.24) is 9.21 Å². The monoisotopic (exact) mass is 340 g/mol. The van der Waals surface area contributed by atoms with Crippen molar-refractivity contribution in [3.05, 3.63) is 24.3 Å². The first-order valence-corrected chi connectivity index (χ1v) is 9.27. The molecule has 8 heteroatoms. The highest BCUT2D eigenvalue weighted by molar-refractivity contribution is 7.89. The summed E-state index contributed by atoms with van der Waals surface area (Å²) >= 11 is 0. The summed E-state index contributed by atoms with van der Waals surface area (Å²) in [5.74, 6) is 1.12. The summed E-state index contributed by atoms with van der Waals surface area (Å²) in [4.78, 5) is 14.2. The molecule has 1 amide bonds. The zero-order chi connectivity index (χ0) is 16.4. The Hall–Kier alpha value is -1.80. The summed E-state index contributed by atoms with van der Waals surface area (Å²) in [6.45, 7) is 3.19. The van der Waals surface area contributed by atoms with Gasteiger partial charge < -0.3 is 14.4 Å². The molecule has 1 atom stereocenters. The van der Waals surface area contributed by atoms with Crippen LogP contribution in [-0.2, 0) is 14.8 Å². The maximum absolute atomic E-state index is 12.5. The number of rotatable bonds is 3. The number of hydrogen-bond donors (Lipinski definition) is 0. The average molecular weight is 340 g/mol. The first-order chi connectivity index (χ1) is 11.0. The highest BCUT2D eigenvalue weighted by Gasteiger charge is 2.34. The molecular weight excluding hydrogens is 320 g/mol. The van der Waals surface area contributed by atoms with E-state index in [4.69, 9.17) is 9.47 Å². The van der Waals surface area contributed by atoms with Gasteiger partial charge in [-0.25, -0.2) is 8.42 Å². The van der Waals surface area contributed by atoms with Crippen LogP contribution in [0, 0.1) is 0 Å². The molecule has 23 heavy (non-hydrogen) atoms. The Morgan fingerprint density at radius 2 is 1.83 bits per heavy atom. The van der Waals surface area contributed by atoms with Crippen molar-refractivity contribution in [2.24, 2.45) is 0 Å². The molecule has 0 N–H and O–H groups in total. The molecule has 0 saturated carbocycles. The minimum atomic E-state index is -3.20. The average Bonchev–Trinajstić information content (AvgIpc) is 2.60. The third kappa shape index (κ3) is 3.28. The molecule has 0 aromatic heterocycles. The fourth-order valence-electron chi connectivity index (χ4n) is 2.71. The lowest BCUT2D eigenvalue weighted by atomic mass is 10.2. The van der Waals surface area contributed by atoms with Crippen molar-refractivity contribution in [1.29, 1.82) is 0 Å². The summed E-state index contributed by atoms with van der Waals surface area (Å²) in [6.07, 6.45) is -0.681. The molecular formula is C15H20N2O5S. The van der Waals surface area contributed by atoms with Gasteiger partial charge >= 0.3 is 0 Å². The van der Waals surface area contributed by atoms with E-state index in [2.05, 4.69) is 0 Å². The van der Waals surface area contributed by atoms with E-state index in [9.17, 15) is 13.2 Å². The first-order valence-electron chi connectivity index (χ1n) is 7.66. The van der Waals surface area contributed by atoms with Gasteiger partial charge in [0.25, 0.3) is 5.91 Å². The van der Waals surface area contributed by atoms with Gasteiger partial charge in [0.2, 0.25) is 16.1 Å². The Morgan fingerprint density at radius 3 is 2.48 bits per heavy atom. The third-order valence-electron chi connectivity index (χ3n) is 4.09. The number of piperazine rings is 1. The molecule has 0 unspecified atom stereocenters. The minimum absolute atomic E-state index is 0.0807. The van der Waals surface area contributed by atoms with Crippen LogP contribution >= 0.6 is 0 Å². The van der Waals surface area contributed by atoms with Gasteiger partial charge in [-0.2, -0.15) is 4.31 Å². The van der Waals surface area contributed by atoms with Crippen LogP contribution in [0.5, 0.6) is 11.5 Å². The van der Waals surface area contributed by atoms with Gasteiger partial charge in [-0.15, -0.1) is 0 Å². The van der Waals surface area contributed by atoms with Crippen LogP contribution in [0.25, 0.3) is 0 Å². The van der Waals surface area contributed by atoms with Crippen LogP contribution in [0.3, 0.4) is 0 Å². The van der Waals surface area contributed by atoms with Crippen LogP contribution < -0.4 is 9.47 Å². The van der Waals surface area contributed by atoms with Gasteiger partial charge in [-0.3, -0.25) is 4.79 Å². The van der Waals surface area contributed by atoms with Crippen LogP contribution in [0.15, 0.2) is 24.3 Å². The van der Waals surface area contributed by atoms with Gasteiger partial charge in [0.05, 0.1) is 5.75 Å². The Labute approximate surface area is 135 Å². The second-order valence-electron chi connectivity index (χ2n) is 5.49. The molecule has 1 fully saturated rings. The second-order valence-corrected chi connectivity index (χ2v) is 7.75. The third-order valence-corrected chi connectivity index (χ3v) is 5.97. The quantitative estimate of drug-likeness (QED) is 0.792. The number of amides is 1. The van der Waals surface area contributed by atoms with Crippen LogP contribution in [0.2, 0.25) is 0 Å². The molecule has 3 rings (SSSR count). The molecule has 2 heterocycles. The Kier molecular flexibility index (Phi) is 4.45. The molecule has 0 radical (unpaired) electrons. The number of carbonyl (C=O) groups is 1. The summed E-state index contributed by atoms with van der Waals surface area (Å²) in [5, 5.41) is 0. The van der Waals surface area contributed by atoms with Gasteiger partial charge in [0.15, 0.2) is 11.5 Å². The first kappa shape index (κ1) is 16.1. The van der Waals surface area contributed by atoms with Crippen LogP contribution in [0.1, 0.15) is 6.92 Å². The van der Waals surface area contributed by atoms with Gasteiger partial charge in [-0.05, 0) is 19.1 Å². The zero-order valence-electron chi connectivity index (χ0n) is 13.0. The molecule has 2 aliphatic heterocycles. The summed E-state index contributed by atoms with van der Waals surface area (Å²) in [5.41, 5.74) is 0. The fourth-order valence-corrected chi connectivity index (χ4v) is 3.80. The molecule has 1 aromatic rings. The van der Waals surface area contributed by atoms with E-state index in [0.29, 0.717) is 37.7 Å². The summed E-state index contributed by atoms with van der Waals surface area (Å²) in [7, 11) is -3.20. The van der Waals surface area contributed by atoms with E-state index < -0.39 is 16.1 Å². The van der Waals surface area contributed by atoms with Gasteiger partial charge in [-0.1, -0.05) is 12.1 Å². The van der Waals surface area contributed by atoms with E-state index in [0.717, 1.165) is 0 Å². The number of fused-ring (bicyclic) bond motifs is 1. The number of hydrogen-bond acceptors (Lipinski definition) is 5. The van der Waals surface area contributed by atoms with E-state index in [1.54, 1.807) is 24.0 Å². The van der Waals surface area contributed by atoms with E-state index >= 15 is 0 Å². The largest absolute Gasteiger partial charge is 0.485 e. The summed E-state index contributed by atoms with van der Waals surface area (Å²) in [6, 6.07) is 7.23. The van der Waals surface area contributed by atoms with Crippen molar-refractivity contribution in [2.45, 2.75) is 13.0 Å². The second kappa shape index (κ2) is 6.37. The molecule has 0 spiro atoms. The van der Waals surface area contributed by atoms with Crippen molar-refractivity contribution < 1.29 is 22.7 Å². The molecule has 126 valence electrons. The predicted molar refractivity (Wildman–Crippen MR) is 84.0 cm³/mol. The van der Waals surface area contributed by atoms with E-state index in [-0.39, 0.29) is 18.3 Å². The lowest BCUT2D eigenvalue weighted by Crippen LogP contribution is -2.55. The van der Waals surface area contributed by atoms with Gasteiger partial charge in [0, 0.05) is 26.2 Å². The molecule has 2 aliphatic rings. The predicted octanol–water partition coefficient (Wildman–Crippen LogP) is 0.320. The number of benzene rings is 1. The highest BCUT2D eigenvalue weighted by Crippen LogP contribution is 2.31. The van der Waals surface area contributed by atoms with Crippen molar-refractivity contribution >= 4 is 15.9 Å². The molecule has 0 bridgehead atoms. The fraction of sp³-hybridized carbons (Fsp3) is 0.533. The molecule has 1 saturated heterocycles. The SMILES string of the molecule is CCS(=O)(=O)N1CCN(C(=O)[C@@H]2COc3ccccc3O2)CC1. The lowest BCUT2D eigenvalue weighted by molar-refractivity contribution is -0.142. The maximum Gasteiger partial charge on any atom is 0.267 e. The van der Waals surface area contributed by atoms with Crippen LogP contribution in [0.4, 0.5) is 0 Å². The van der Waals surface area contributed by atoms with Crippen molar-refractivity contribution in [3.8, 4) is 11.5 Å². The molecule has 1 aromatic carbocycles. The van der Waals surface area contributed by atoms with Crippen LogP contribution in [-0.4, -0.2) is 68.2 Å². The van der Waals surface area contributed by atoms with Crippen molar-refractivity contribution in [2.75, 3.05) is 38.5 Å². The number of sulfonamides is 1. The Bertz CT molecular complexity index is 683. The number of nitrogens with zero attached hydrogens (tertiary/aromatic N) is 2. The number of para-hydroxylation sites is 2. The molecule has 0 aliphatic carbocycles. The topological polar surface area (TPSA) is 76.2 Å². The highest BCUT2D eigenvalue weighted by atomic mass is 32.2. The lowest BCUT2D eigenvalue weighted by Gasteiger charge is -2.36. The van der Waals surface area contributed by atoms with Crippen molar-refractivity contribution in [3.63, 3.8) is 0 Å². The standard InChI is InChI=1S/C15H20N2O5S/c1-2-23(19,20)17-9-7-16(8-10-17)15(18)14-11-21-12-5-3-4-6-13(12)22-14/h3-6,14H,2,7-11H2,1H3/t14-/m0/s1. The Morgan fingerprint density at radius 1 is 1.17 bits per heavy atom. The molecule has 7 nitrogen and oxygen atoms in total.